The number of carbonyl (C=O) groups excluding carboxylic acids is 1. The van der Waals surface area contributed by atoms with Gasteiger partial charge in [-0.1, -0.05) is 42.5 Å². The highest BCUT2D eigenvalue weighted by molar-refractivity contribution is 6.33. The zero-order valence-electron chi connectivity index (χ0n) is 9.85. The molecule has 4 nitrogen and oxygen atoms in total. The van der Waals surface area contributed by atoms with Crippen LogP contribution in [0.2, 0.25) is 0 Å². The van der Waals surface area contributed by atoms with Crippen LogP contribution < -0.4 is 5.73 Å². The van der Waals surface area contributed by atoms with Crippen molar-refractivity contribution in [2.45, 2.75) is 6.42 Å². The molecule has 2 rings (SSSR count). The Kier molecular flexibility index (Phi) is 3.57. The van der Waals surface area contributed by atoms with E-state index in [9.17, 15) is 4.79 Å². The average molecular weight is 242 g/mol. The summed E-state index contributed by atoms with van der Waals surface area (Å²) in [6, 6.07) is 14.2. The summed E-state index contributed by atoms with van der Waals surface area (Å²) in [7, 11) is 0. The third-order valence-corrected chi connectivity index (χ3v) is 2.67. The lowest BCUT2D eigenvalue weighted by molar-refractivity contribution is -0.113. The second-order valence-corrected chi connectivity index (χ2v) is 3.97. The van der Waals surface area contributed by atoms with E-state index in [1.165, 1.54) is 10.8 Å². The number of fused-ring (bicyclic) bond motifs is 1. The van der Waals surface area contributed by atoms with E-state index < -0.39 is 11.8 Å². The molecule has 0 fully saturated rings. The van der Waals surface area contributed by atoms with Crippen LogP contribution in [0.5, 0.6) is 0 Å². The van der Waals surface area contributed by atoms with Gasteiger partial charge in [0.05, 0.1) is 6.61 Å². The van der Waals surface area contributed by atoms with Gasteiger partial charge in [0.15, 0.2) is 0 Å². The lowest BCUT2D eigenvalue weighted by Gasteiger charge is -2.05. The quantitative estimate of drug-likeness (QED) is 0.636. The van der Waals surface area contributed by atoms with Crippen LogP contribution in [0, 0.1) is 5.41 Å². The molecule has 0 atom stereocenters. The molecule has 0 heterocycles. The third-order valence-electron chi connectivity index (χ3n) is 2.67. The predicted molar refractivity (Wildman–Crippen MR) is 70.5 cm³/mol. The highest BCUT2D eigenvalue weighted by Crippen LogP contribution is 2.15. The molecule has 3 N–H and O–H groups in total. The summed E-state index contributed by atoms with van der Waals surface area (Å²) in [6.45, 7) is 0.278. The molecule has 0 radical (unpaired) electrons. The molecular weight excluding hydrogens is 228 g/mol. The Morgan fingerprint density at radius 1 is 1.17 bits per heavy atom. The SMILES string of the molecule is N=C(OCCc1ccc2ccccc2c1)C(N)=O. The molecular formula is C14H14N2O2. The molecule has 2 aromatic carbocycles. The molecule has 0 unspecified atom stereocenters. The number of primary amides is 1. The van der Waals surface area contributed by atoms with E-state index >= 15 is 0 Å². The summed E-state index contributed by atoms with van der Waals surface area (Å²) in [6.07, 6.45) is 0.639. The van der Waals surface area contributed by atoms with Crippen molar-refractivity contribution in [3.63, 3.8) is 0 Å². The fraction of sp³-hybridized carbons (Fsp3) is 0.143. The predicted octanol–water partition coefficient (Wildman–Crippen LogP) is 1.86. The number of carbonyl (C=O) groups is 1. The van der Waals surface area contributed by atoms with Crippen LogP contribution >= 0.6 is 0 Å². The van der Waals surface area contributed by atoms with Crippen molar-refractivity contribution in [2.75, 3.05) is 6.61 Å². The Bertz CT molecular complexity index is 593. The summed E-state index contributed by atoms with van der Waals surface area (Å²) in [5.41, 5.74) is 6.00. The van der Waals surface area contributed by atoms with Crippen molar-refractivity contribution in [3.05, 3.63) is 48.0 Å². The average Bonchev–Trinajstić information content (AvgIpc) is 2.38. The Morgan fingerprint density at radius 2 is 1.89 bits per heavy atom. The largest absolute Gasteiger partial charge is 0.474 e. The Hall–Kier alpha value is -2.36. The molecule has 0 bridgehead atoms. The smallest absolute Gasteiger partial charge is 0.303 e. The summed E-state index contributed by atoms with van der Waals surface area (Å²) in [4.78, 5) is 10.6. The van der Waals surface area contributed by atoms with Crippen molar-refractivity contribution in [1.82, 2.24) is 0 Å². The van der Waals surface area contributed by atoms with Crippen LogP contribution in [0.3, 0.4) is 0 Å². The Morgan fingerprint density at radius 3 is 2.61 bits per heavy atom. The Labute approximate surface area is 105 Å². The number of amides is 1. The Balaban J connectivity index is 2.00. The molecule has 0 saturated carbocycles. The van der Waals surface area contributed by atoms with Crippen molar-refractivity contribution >= 4 is 22.6 Å². The van der Waals surface area contributed by atoms with Crippen LogP contribution in [0.4, 0.5) is 0 Å². The molecule has 0 spiro atoms. The minimum absolute atomic E-state index is 0.278. The van der Waals surface area contributed by atoms with Gasteiger partial charge >= 0.3 is 5.91 Å². The van der Waals surface area contributed by atoms with Crippen LogP contribution in [-0.4, -0.2) is 18.4 Å². The van der Waals surface area contributed by atoms with E-state index in [2.05, 4.69) is 12.1 Å². The van der Waals surface area contributed by atoms with Gasteiger partial charge < -0.3 is 10.5 Å². The zero-order chi connectivity index (χ0) is 13.0. The lowest BCUT2D eigenvalue weighted by Crippen LogP contribution is -2.25. The molecule has 0 aliphatic heterocycles. The van der Waals surface area contributed by atoms with E-state index in [0.29, 0.717) is 6.42 Å². The number of rotatable bonds is 3. The van der Waals surface area contributed by atoms with Crippen LogP contribution in [0.15, 0.2) is 42.5 Å². The van der Waals surface area contributed by atoms with Crippen molar-refractivity contribution < 1.29 is 9.53 Å². The van der Waals surface area contributed by atoms with Gasteiger partial charge in [-0.2, -0.15) is 0 Å². The van der Waals surface area contributed by atoms with Gasteiger partial charge in [0.25, 0.3) is 5.90 Å². The number of ether oxygens (including phenoxy) is 1. The summed E-state index contributed by atoms with van der Waals surface area (Å²) in [5.74, 6) is -1.33. The molecule has 0 aromatic heterocycles. The van der Waals surface area contributed by atoms with E-state index in [-0.39, 0.29) is 6.61 Å². The minimum atomic E-state index is -0.839. The van der Waals surface area contributed by atoms with Crippen LogP contribution in [0.25, 0.3) is 10.8 Å². The van der Waals surface area contributed by atoms with Gasteiger partial charge in [-0.25, -0.2) is 0 Å². The first kappa shape index (κ1) is 12.1. The molecule has 4 heteroatoms. The normalized spacial score (nSPS) is 10.2. The summed E-state index contributed by atoms with van der Waals surface area (Å²) >= 11 is 0. The number of hydrogen-bond donors (Lipinski definition) is 2. The second kappa shape index (κ2) is 5.31. The molecule has 0 aliphatic carbocycles. The van der Waals surface area contributed by atoms with Gasteiger partial charge in [0, 0.05) is 6.42 Å². The molecule has 18 heavy (non-hydrogen) atoms. The van der Waals surface area contributed by atoms with Crippen LogP contribution in [-0.2, 0) is 16.0 Å². The first-order valence-corrected chi connectivity index (χ1v) is 5.65. The number of nitrogens with one attached hydrogen (secondary N) is 1. The first-order chi connectivity index (χ1) is 8.66. The summed E-state index contributed by atoms with van der Waals surface area (Å²) < 4.78 is 4.93. The molecule has 0 saturated heterocycles. The van der Waals surface area contributed by atoms with Crippen molar-refractivity contribution in [3.8, 4) is 0 Å². The van der Waals surface area contributed by atoms with Gasteiger partial charge in [0.2, 0.25) is 0 Å². The van der Waals surface area contributed by atoms with Gasteiger partial charge in [-0.3, -0.25) is 10.2 Å². The molecule has 92 valence electrons. The molecule has 0 aliphatic rings. The minimum Gasteiger partial charge on any atom is -0.474 e. The van der Waals surface area contributed by atoms with E-state index in [1.807, 2.05) is 30.3 Å². The zero-order valence-corrected chi connectivity index (χ0v) is 9.85. The molecule has 2 aromatic rings. The maximum absolute atomic E-state index is 10.6. The van der Waals surface area contributed by atoms with Gasteiger partial charge in [0.1, 0.15) is 0 Å². The van der Waals surface area contributed by atoms with E-state index in [4.69, 9.17) is 15.9 Å². The fourth-order valence-corrected chi connectivity index (χ4v) is 1.74. The monoisotopic (exact) mass is 242 g/mol. The van der Waals surface area contributed by atoms with Crippen LogP contribution in [0.1, 0.15) is 5.56 Å². The topological polar surface area (TPSA) is 76.2 Å². The maximum atomic E-state index is 10.6. The highest BCUT2D eigenvalue weighted by Gasteiger charge is 2.04. The highest BCUT2D eigenvalue weighted by atomic mass is 16.5. The van der Waals surface area contributed by atoms with Gasteiger partial charge in [-0.05, 0) is 16.3 Å². The third kappa shape index (κ3) is 2.85. The molecule has 1 amide bonds. The fourth-order valence-electron chi connectivity index (χ4n) is 1.74. The lowest BCUT2D eigenvalue weighted by atomic mass is 10.1. The van der Waals surface area contributed by atoms with Crippen molar-refractivity contribution in [2.24, 2.45) is 5.73 Å². The second-order valence-electron chi connectivity index (χ2n) is 3.97. The van der Waals surface area contributed by atoms with E-state index in [0.717, 1.165) is 5.56 Å². The first-order valence-electron chi connectivity index (χ1n) is 5.65. The van der Waals surface area contributed by atoms with Gasteiger partial charge in [-0.15, -0.1) is 0 Å². The van der Waals surface area contributed by atoms with E-state index in [1.54, 1.807) is 0 Å². The number of benzene rings is 2. The van der Waals surface area contributed by atoms with Crippen molar-refractivity contribution in [1.29, 1.82) is 5.41 Å². The maximum Gasteiger partial charge on any atom is 0.303 e. The standard InChI is InChI=1S/C14H14N2O2/c15-13(17)14(16)18-8-7-10-5-6-11-3-1-2-4-12(11)9-10/h1-6,9,16H,7-8H2,(H2,15,17). The summed E-state index contributed by atoms with van der Waals surface area (Å²) in [5, 5.41) is 9.50. The number of nitrogens with two attached hydrogens (primary N) is 1. The number of hydrogen-bond acceptors (Lipinski definition) is 3.